The minimum atomic E-state index is -0.127. The predicted octanol–water partition coefficient (Wildman–Crippen LogP) is 2.00. The summed E-state index contributed by atoms with van der Waals surface area (Å²) in [5.74, 6) is 5.80. The third-order valence-electron chi connectivity index (χ3n) is 2.04. The lowest BCUT2D eigenvalue weighted by Gasteiger charge is -1.99. The molecule has 3 nitrogen and oxygen atoms in total. The van der Waals surface area contributed by atoms with Crippen LogP contribution < -0.4 is 5.32 Å². The minimum Gasteiger partial charge on any atom is -0.341 e. The molecule has 3 heteroatoms. The van der Waals surface area contributed by atoms with E-state index in [2.05, 4.69) is 29.1 Å². The Balaban J connectivity index is 2.28. The number of hydrogen-bond acceptors (Lipinski definition) is 2. The lowest BCUT2D eigenvalue weighted by molar-refractivity contribution is 0.0958. The van der Waals surface area contributed by atoms with E-state index in [1.54, 1.807) is 24.5 Å². The first kappa shape index (κ1) is 12.3. The van der Waals surface area contributed by atoms with Crippen LogP contribution >= 0.6 is 0 Å². The number of nitrogens with one attached hydrogen (secondary N) is 1. The molecule has 1 aromatic heterocycles. The summed E-state index contributed by atoms with van der Waals surface area (Å²) in [6.45, 7) is 2.53. The Hall–Kier alpha value is -1.82. The third-order valence-corrected chi connectivity index (χ3v) is 2.04. The first-order chi connectivity index (χ1) is 7.84. The molecule has 1 rings (SSSR count). The monoisotopic (exact) mass is 216 g/mol. The molecule has 1 heterocycles. The fourth-order valence-electron chi connectivity index (χ4n) is 1.14. The molecule has 1 amide bonds. The van der Waals surface area contributed by atoms with Gasteiger partial charge in [0.2, 0.25) is 0 Å². The van der Waals surface area contributed by atoms with E-state index in [1.807, 2.05) is 0 Å². The van der Waals surface area contributed by atoms with Gasteiger partial charge in [0.05, 0.1) is 12.1 Å². The fraction of sp³-hybridized carbons (Fsp3) is 0.385. The highest BCUT2D eigenvalue weighted by atomic mass is 16.1. The summed E-state index contributed by atoms with van der Waals surface area (Å²) in [5, 5.41) is 2.72. The first-order valence-corrected chi connectivity index (χ1v) is 5.48. The Bertz CT molecular complexity index is 376. The van der Waals surface area contributed by atoms with Crippen molar-refractivity contribution in [3.63, 3.8) is 0 Å². The predicted molar refractivity (Wildman–Crippen MR) is 63.9 cm³/mol. The van der Waals surface area contributed by atoms with Crippen LogP contribution in [0.15, 0.2) is 24.5 Å². The molecular formula is C13H16N2O. The van der Waals surface area contributed by atoms with Crippen LogP contribution in [0.25, 0.3) is 0 Å². The van der Waals surface area contributed by atoms with Crippen LogP contribution in [0.1, 0.15) is 36.5 Å². The number of hydrogen-bond donors (Lipinski definition) is 1. The van der Waals surface area contributed by atoms with E-state index in [4.69, 9.17) is 0 Å². The number of pyridine rings is 1. The van der Waals surface area contributed by atoms with Crippen LogP contribution in [0.4, 0.5) is 0 Å². The molecule has 1 aromatic rings. The van der Waals surface area contributed by atoms with Crippen molar-refractivity contribution < 1.29 is 4.79 Å². The van der Waals surface area contributed by atoms with Gasteiger partial charge in [0, 0.05) is 18.8 Å². The second kappa shape index (κ2) is 7.47. The molecule has 1 N–H and O–H groups in total. The lowest BCUT2D eigenvalue weighted by Crippen LogP contribution is -2.23. The highest BCUT2D eigenvalue weighted by molar-refractivity contribution is 5.93. The Labute approximate surface area is 96.3 Å². The number of amides is 1. The first-order valence-electron chi connectivity index (χ1n) is 5.48. The van der Waals surface area contributed by atoms with Gasteiger partial charge in [-0.2, -0.15) is 0 Å². The molecule has 0 bridgehead atoms. The smallest absolute Gasteiger partial charge is 0.253 e. The molecule has 0 saturated heterocycles. The molecule has 0 aliphatic rings. The lowest BCUT2D eigenvalue weighted by atomic mass is 10.2. The normalized spacial score (nSPS) is 9.06. The van der Waals surface area contributed by atoms with Crippen LogP contribution in [0.3, 0.4) is 0 Å². The number of unbranched alkanes of at least 4 members (excludes halogenated alkanes) is 2. The van der Waals surface area contributed by atoms with Gasteiger partial charge in [-0.15, -0.1) is 5.92 Å². The van der Waals surface area contributed by atoms with Gasteiger partial charge >= 0.3 is 0 Å². The molecule has 0 unspecified atom stereocenters. The second-order valence-electron chi connectivity index (χ2n) is 3.38. The number of aromatic nitrogens is 1. The summed E-state index contributed by atoms with van der Waals surface area (Å²) in [6.07, 6.45) is 6.35. The van der Waals surface area contributed by atoms with Crippen LogP contribution in [0.2, 0.25) is 0 Å². The Morgan fingerprint density at radius 2 is 2.38 bits per heavy atom. The molecule has 0 saturated carbocycles. The van der Waals surface area contributed by atoms with Crippen molar-refractivity contribution >= 4 is 5.91 Å². The van der Waals surface area contributed by atoms with E-state index in [9.17, 15) is 4.79 Å². The average molecular weight is 216 g/mol. The van der Waals surface area contributed by atoms with E-state index in [0.717, 1.165) is 19.3 Å². The molecule has 0 atom stereocenters. The summed E-state index contributed by atoms with van der Waals surface area (Å²) in [4.78, 5) is 15.4. The van der Waals surface area contributed by atoms with Gasteiger partial charge in [0.1, 0.15) is 0 Å². The third kappa shape index (κ3) is 4.61. The maximum Gasteiger partial charge on any atom is 0.253 e. The van der Waals surface area contributed by atoms with Crippen LogP contribution in [0, 0.1) is 11.8 Å². The van der Waals surface area contributed by atoms with Crippen molar-refractivity contribution in [1.82, 2.24) is 10.3 Å². The van der Waals surface area contributed by atoms with Crippen molar-refractivity contribution in [2.75, 3.05) is 6.54 Å². The van der Waals surface area contributed by atoms with Crippen LogP contribution in [0.5, 0.6) is 0 Å². The Morgan fingerprint density at radius 3 is 3.06 bits per heavy atom. The number of rotatable bonds is 4. The SMILES string of the molecule is CCCCC#CCNC(=O)c1cccnc1. The van der Waals surface area contributed by atoms with Crippen LogP contribution in [-0.4, -0.2) is 17.4 Å². The van der Waals surface area contributed by atoms with Crippen molar-refractivity contribution in [1.29, 1.82) is 0 Å². The number of carbonyl (C=O) groups is 1. The molecule has 0 aliphatic carbocycles. The quantitative estimate of drug-likeness (QED) is 0.618. The van der Waals surface area contributed by atoms with Gasteiger partial charge in [-0.1, -0.05) is 19.3 Å². The molecule has 0 spiro atoms. The summed E-state index contributed by atoms with van der Waals surface area (Å²) in [7, 11) is 0. The van der Waals surface area contributed by atoms with Crippen molar-refractivity contribution in [2.24, 2.45) is 0 Å². The standard InChI is InChI=1S/C13H16N2O/c1-2-3-4-5-6-10-15-13(16)12-8-7-9-14-11-12/h7-9,11H,2-4,10H2,1H3,(H,15,16). The van der Waals surface area contributed by atoms with Crippen molar-refractivity contribution in [3.8, 4) is 11.8 Å². The number of carbonyl (C=O) groups excluding carboxylic acids is 1. The van der Waals surface area contributed by atoms with Gasteiger partial charge in [-0.05, 0) is 18.6 Å². The molecule has 0 aliphatic heterocycles. The van der Waals surface area contributed by atoms with Gasteiger partial charge in [0.25, 0.3) is 5.91 Å². The molecule has 16 heavy (non-hydrogen) atoms. The number of nitrogens with zero attached hydrogens (tertiary/aromatic N) is 1. The van der Waals surface area contributed by atoms with E-state index < -0.39 is 0 Å². The topological polar surface area (TPSA) is 42.0 Å². The summed E-state index contributed by atoms with van der Waals surface area (Å²) in [6, 6.07) is 3.47. The van der Waals surface area contributed by atoms with E-state index >= 15 is 0 Å². The largest absolute Gasteiger partial charge is 0.341 e. The van der Waals surface area contributed by atoms with E-state index in [-0.39, 0.29) is 5.91 Å². The van der Waals surface area contributed by atoms with Gasteiger partial charge < -0.3 is 5.32 Å². The molecule has 0 aromatic carbocycles. The van der Waals surface area contributed by atoms with Crippen LogP contribution in [-0.2, 0) is 0 Å². The Morgan fingerprint density at radius 1 is 1.50 bits per heavy atom. The highest BCUT2D eigenvalue weighted by Crippen LogP contribution is 1.94. The minimum absolute atomic E-state index is 0.127. The molecule has 0 radical (unpaired) electrons. The summed E-state index contributed by atoms with van der Waals surface area (Å²) >= 11 is 0. The highest BCUT2D eigenvalue weighted by Gasteiger charge is 2.01. The maximum atomic E-state index is 11.5. The molecular weight excluding hydrogens is 200 g/mol. The molecule has 84 valence electrons. The Kier molecular flexibility index (Phi) is 5.72. The summed E-state index contributed by atoms with van der Waals surface area (Å²) < 4.78 is 0. The maximum absolute atomic E-state index is 11.5. The van der Waals surface area contributed by atoms with E-state index in [0.29, 0.717) is 12.1 Å². The second-order valence-corrected chi connectivity index (χ2v) is 3.38. The average Bonchev–Trinajstić information content (AvgIpc) is 2.34. The molecule has 0 fully saturated rings. The fourth-order valence-corrected chi connectivity index (χ4v) is 1.14. The van der Waals surface area contributed by atoms with Crippen molar-refractivity contribution in [2.45, 2.75) is 26.2 Å². The summed E-state index contributed by atoms with van der Waals surface area (Å²) in [5.41, 5.74) is 0.567. The van der Waals surface area contributed by atoms with Crippen molar-refractivity contribution in [3.05, 3.63) is 30.1 Å². The van der Waals surface area contributed by atoms with Gasteiger partial charge in [-0.3, -0.25) is 9.78 Å². The zero-order valence-electron chi connectivity index (χ0n) is 9.49. The van der Waals surface area contributed by atoms with E-state index in [1.165, 1.54) is 0 Å². The van der Waals surface area contributed by atoms with Gasteiger partial charge in [0.15, 0.2) is 0 Å². The zero-order chi connectivity index (χ0) is 11.6. The zero-order valence-corrected chi connectivity index (χ0v) is 9.49. The van der Waals surface area contributed by atoms with Gasteiger partial charge in [-0.25, -0.2) is 0 Å².